The van der Waals surface area contributed by atoms with E-state index in [2.05, 4.69) is 5.10 Å². The molecule has 1 fully saturated rings. The molecular formula is C17H22BFN2O2. The minimum Gasteiger partial charge on any atom is -0.399 e. The van der Waals surface area contributed by atoms with Gasteiger partial charge in [-0.2, -0.15) is 5.10 Å². The summed E-state index contributed by atoms with van der Waals surface area (Å²) in [5.41, 5.74) is 1.99. The van der Waals surface area contributed by atoms with Gasteiger partial charge in [0.1, 0.15) is 5.82 Å². The average Bonchev–Trinajstić information content (AvgIpc) is 2.88. The van der Waals surface area contributed by atoms with Crippen LogP contribution in [0.1, 0.15) is 39.0 Å². The maximum Gasteiger partial charge on any atom is 0.498 e. The normalized spacial score (nSPS) is 19.3. The van der Waals surface area contributed by atoms with E-state index in [-0.39, 0.29) is 17.0 Å². The Balaban J connectivity index is 1.83. The van der Waals surface area contributed by atoms with Crippen LogP contribution in [-0.2, 0) is 15.9 Å². The first-order valence-corrected chi connectivity index (χ1v) is 7.82. The molecule has 0 unspecified atom stereocenters. The van der Waals surface area contributed by atoms with Gasteiger partial charge in [0, 0.05) is 17.4 Å². The second-order valence-electron chi connectivity index (χ2n) is 7.06. The molecule has 4 nitrogen and oxygen atoms in total. The maximum absolute atomic E-state index is 13.3. The largest absolute Gasteiger partial charge is 0.498 e. The number of nitrogens with zero attached hydrogens (tertiary/aromatic N) is 2. The fourth-order valence-electron chi connectivity index (χ4n) is 2.63. The summed E-state index contributed by atoms with van der Waals surface area (Å²) in [6.07, 6.45) is 1.77. The molecule has 122 valence electrons. The molecule has 0 amide bonds. The van der Waals surface area contributed by atoms with Crippen LogP contribution in [0.15, 0.2) is 30.5 Å². The zero-order valence-electron chi connectivity index (χ0n) is 14.3. The molecule has 1 aliphatic rings. The van der Waals surface area contributed by atoms with Gasteiger partial charge in [-0.15, -0.1) is 0 Å². The van der Waals surface area contributed by atoms with Crippen molar-refractivity contribution in [3.8, 4) is 0 Å². The van der Waals surface area contributed by atoms with Gasteiger partial charge in [0.2, 0.25) is 0 Å². The van der Waals surface area contributed by atoms with Crippen LogP contribution in [-0.4, -0.2) is 28.1 Å². The van der Waals surface area contributed by atoms with Crippen molar-refractivity contribution >= 4 is 12.6 Å². The number of halogens is 1. The van der Waals surface area contributed by atoms with Gasteiger partial charge in [-0.1, -0.05) is 12.1 Å². The van der Waals surface area contributed by atoms with E-state index in [4.69, 9.17) is 9.31 Å². The van der Waals surface area contributed by atoms with Crippen molar-refractivity contribution < 1.29 is 13.7 Å². The molecular weight excluding hydrogens is 294 g/mol. The van der Waals surface area contributed by atoms with Gasteiger partial charge >= 0.3 is 7.12 Å². The standard InChI is InChI=1S/C17H22BFN2O2/c1-12-15(18-22-16(2,3)17(4,5)23-18)10-20-21(12)11-13-7-6-8-14(19)9-13/h6-10H,11H2,1-5H3. The Morgan fingerprint density at radius 1 is 1.17 bits per heavy atom. The van der Waals surface area contributed by atoms with E-state index in [0.717, 1.165) is 16.7 Å². The van der Waals surface area contributed by atoms with Crippen LogP contribution >= 0.6 is 0 Å². The second kappa shape index (κ2) is 5.46. The molecule has 23 heavy (non-hydrogen) atoms. The summed E-state index contributed by atoms with van der Waals surface area (Å²) >= 11 is 0. The van der Waals surface area contributed by atoms with E-state index in [0.29, 0.717) is 6.54 Å². The zero-order valence-corrected chi connectivity index (χ0v) is 14.3. The molecule has 0 bridgehead atoms. The van der Waals surface area contributed by atoms with Gasteiger partial charge in [0.15, 0.2) is 0 Å². The molecule has 1 aliphatic heterocycles. The lowest BCUT2D eigenvalue weighted by molar-refractivity contribution is 0.00578. The monoisotopic (exact) mass is 316 g/mol. The summed E-state index contributed by atoms with van der Waals surface area (Å²) in [6, 6.07) is 6.56. The van der Waals surface area contributed by atoms with E-state index in [9.17, 15) is 4.39 Å². The van der Waals surface area contributed by atoms with Crippen molar-refractivity contribution in [3.63, 3.8) is 0 Å². The first-order valence-electron chi connectivity index (χ1n) is 7.82. The Hall–Kier alpha value is -1.66. The second-order valence-corrected chi connectivity index (χ2v) is 7.06. The molecule has 0 radical (unpaired) electrons. The topological polar surface area (TPSA) is 36.3 Å². The molecule has 6 heteroatoms. The first kappa shape index (κ1) is 16.2. The summed E-state index contributed by atoms with van der Waals surface area (Å²) in [6.45, 7) is 10.6. The summed E-state index contributed by atoms with van der Waals surface area (Å²) in [7, 11) is -0.429. The van der Waals surface area contributed by atoms with Crippen LogP contribution in [0.5, 0.6) is 0 Å². The Labute approximate surface area is 136 Å². The van der Waals surface area contributed by atoms with Gasteiger partial charge < -0.3 is 9.31 Å². The fourth-order valence-corrected chi connectivity index (χ4v) is 2.63. The number of rotatable bonds is 3. The summed E-state index contributed by atoms with van der Waals surface area (Å²) < 4.78 is 27.3. The molecule has 0 saturated carbocycles. The quantitative estimate of drug-likeness (QED) is 0.817. The number of hydrogen-bond donors (Lipinski definition) is 0. The third kappa shape index (κ3) is 2.93. The Morgan fingerprint density at radius 3 is 2.43 bits per heavy atom. The highest BCUT2D eigenvalue weighted by Crippen LogP contribution is 2.36. The average molecular weight is 316 g/mol. The van der Waals surface area contributed by atoms with Gasteiger partial charge in [-0.3, -0.25) is 4.68 Å². The van der Waals surface area contributed by atoms with Gasteiger partial charge in [0.25, 0.3) is 0 Å². The maximum atomic E-state index is 13.3. The molecule has 0 aliphatic carbocycles. The molecule has 1 aromatic heterocycles. The van der Waals surface area contributed by atoms with E-state index < -0.39 is 7.12 Å². The fraction of sp³-hybridized carbons (Fsp3) is 0.471. The van der Waals surface area contributed by atoms with Gasteiger partial charge in [0.05, 0.1) is 17.7 Å². The predicted molar refractivity (Wildman–Crippen MR) is 88.2 cm³/mol. The summed E-state index contributed by atoms with van der Waals surface area (Å²) in [4.78, 5) is 0. The minimum absolute atomic E-state index is 0.238. The minimum atomic E-state index is -0.429. The van der Waals surface area contributed by atoms with Gasteiger partial charge in [-0.25, -0.2) is 4.39 Å². The van der Waals surface area contributed by atoms with Crippen molar-refractivity contribution in [2.45, 2.75) is 52.4 Å². The first-order chi connectivity index (χ1) is 10.7. The highest BCUT2D eigenvalue weighted by molar-refractivity contribution is 6.62. The Kier molecular flexibility index (Phi) is 3.85. The molecule has 0 spiro atoms. The number of hydrogen-bond acceptors (Lipinski definition) is 3. The number of aromatic nitrogens is 2. The van der Waals surface area contributed by atoms with Crippen molar-refractivity contribution in [1.29, 1.82) is 0 Å². The molecule has 2 aromatic rings. The van der Waals surface area contributed by atoms with Crippen LogP contribution in [0.3, 0.4) is 0 Å². The van der Waals surface area contributed by atoms with Crippen LogP contribution in [0.25, 0.3) is 0 Å². The van der Waals surface area contributed by atoms with Crippen LogP contribution in [0.2, 0.25) is 0 Å². The van der Waals surface area contributed by atoms with Crippen molar-refractivity contribution in [2.75, 3.05) is 0 Å². The lowest BCUT2D eigenvalue weighted by atomic mass is 9.79. The Morgan fingerprint density at radius 2 is 1.83 bits per heavy atom. The van der Waals surface area contributed by atoms with Crippen LogP contribution in [0.4, 0.5) is 4.39 Å². The molecule has 0 atom stereocenters. The SMILES string of the molecule is Cc1c(B2OC(C)(C)C(C)(C)O2)cnn1Cc1cccc(F)c1. The smallest absolute Gasteiger partial charge is 0.399 e. The third-order valence-electron chi connectivity index (χ3n) is 4.87. The predicted octanol–water partition coefficient (Wildman–Crippen LogP) is 2.68. The van der Waals surface area contributed by atoms with Crippen LogP contribution in [0, 0.1) is 12.7 Å². The highest BCUT2D eigenvalue weighted by atomic mass is 19.1. The highest BCUT2D eigenvalue weighted by Gasteiger charge is 2.52. The lowest BCUT2D eigenvalue weighted by Gasteiger charge is -2.32. The van der Waals surface area contributed by atoms with Crippen LogP contribution < -0.4 is 5.46 Å². The summed E-state index contributed by atoms with van der Waals surface area (Å²) in [5.74, 6) is -0.238. The molecule has 3 rings (SSSR count). The van der Waals surface area contributed by atoms with Gasteiger partial charge in [-0.05, 0) is 52.3 Å². The van der Waals surface area contributed by atoms with E-state index in [1.165, 1.54) is 12.1 Å². The van der Waals surface area contributed by atoms with Crippen molar-refractivity contribution in [2.24, 2.45) is 0 Å². The third-order valence-corrected chi connectivity index (χ3v) is 4.87. The van der Waals surface area contributed by atoms with E-state index >= 15 is 0 Å². The zero-order chi connectivity index (χ0) is 16.8. The number of benzene rings is 1. The summed E-state index contributed by atoms with van der Waals surface area (Å²) in [5, 5.41) is 4.42. The molecule has 0 N–H and O–H groups in total. The lowest BCUT2D eigenvalue weighted by Crippen LogP contribution is -2.41. The molecule has 1 saturated heterocycles. The van der Waals surface area contributed by atoms with E-state index in [1.807, 2.05) is 45.4 Å². The van der Waals surface area contributed by atoms with E-state index in [1.54, 1.807) is 12.3 Å². The van der Waals surface area contributed by atoms with Crippen molar-refractivity contribution in [3.05, 3.63) is 47.5 Å². The molecule has 2 heterocycles. The van der Waals surface area contributed by atoms with Crippen molar-refractivity contribution in [1.82, 2.24) is 9.78 Å². The molecule has 1 aromatic carbocycles. The Bertz CT molecular complexity index is 711.